The number of ether oxygens (including phenoxy) is 1. The fourth-order valence-corrected chi connectivity index (χ4v) is 5.16. The molecule has 4 aromatic rings. The standard InChI is InChI=1S/C26H21N5O4S.Na.H/c1-17(26(36(32,33)34)20-16-28-12-14-30-20)25(19-15-27-11-13-29-19)18(2)31-21-7-3-5-9-23(21)35-24-10-6-4-8-22(24)31;;/h3-16H,1-2H3,(H,32,33,34);;. The second-order valence-corrected chi connectivity index (χ2v) is 9.30. The predicted molar refractivity (Wildman–Crippen MR) is 143 cm³/mol. The van der Waals surface area contributed by atoms with Crippen LogP contribution in [0.2, 0.25) is 0 Å². The van der Waals surface area contributed by atoms with Gasteiger partial charge in [0.05, 0.1) is 29.5 Å². The van der Waals surface area contributed by atoms with Crippen molar-refractivity contribution < 1.29 is 17.7 Å². The van der Waals surface area contributed by atoms with Crippen molar-refractivity contribution in [3.63, 3.8) is 0 Å². The Balaban J connectivity index is 0.00000320. The van der Waals surface area contributed by atoms with Gasteiger partial charge in [-0.1, -0.05) is 24.3 Å². The zero-order chi connectivity index (χ0) is 25.3. The SMILES string of the molecule is CC(C(=C(C)N1c2ccccc2Oc2ccccc21)c1cnccn1)=C(c1cnccn1)S(=O)(=O)O.[NaH]. The normalized spacial score (nSPS) is 13.8. The first kappa shape index (κ1) is 26.6. The number of aromatic nitrogens is 4. The fraction of sp³-hybridized carbons (Fsp3) is 0.0769. The Morgan fingerprint density at radius 2 is 1.32 bits per heavy atom. The van der Waals surface area contributed by atoms with Crippen LogP contribution in [-0.4, -0.2) is 62.5 Å². The minimum absolute atomic E-state index is 0. The van der Waals surface area contributed by atoms with E-state index in [0.717, 1.165) is 11.4 Å². The summed E-state index contributed by atoms with van der Waals surface area (Å²) < 4.78 is 41.7. The van der Waals surface area contributed by atoms with Gasteiger partial charge in [-0.2, -0.15) is 8.42 Å². The third-order valence-corrected chi connectivity index (χ3v) is 6.75. The number of hydrogen-bond donors (Lipinski definition) is 1. The van der Waals surface area contributed by atoms with E-state index in [2.05, 4.69) is 19.9 Å². The quantitative estimate of drug-likeness (QED) is 0.227. The van der Waals surface area contributed by atoms with Crippen LogP contribution in [0.5, 0.6) is 11.5 Å². The van der Waals surface area contributed by atoms with Crippen LogP contribution in [0.3, 0.4) is 0 Å². The van der Waals surface area contributed by atoms with Crippen LogP contribution in [0.4, 0.5) is 11.4 Å². The maximum atomic E-state index is 12.6. The van der Waals surface area contributed by atoms with Gasteiger partial charge in [0.2, 0.25) is 0 Å². The Labute approximate surface area is 236 Å². The molecular formula is C26H22N5NaO4S. The van der Waals surface area contributed by atoms with Gasteiger partial charge in [0, 0.05) is 36.1 Å². The van der Waals surface area contributed by atoms with Crippen molar-refractivity contribution in [2.45, 2.75) is 13.8 Å². The van der Waals surface area contributed by atoms with Gasteiger partial charge in [-0.25, -0.2) is 0 Å². The summed E-state index contributed by atoms with van der Waals surface area (Å²) in [7, 11) is -4.70. The molecule has 0 radical (unpaired) electrons. The number of rotatable bonds is 5. The summed E-state index contributed by atoms with van der Waals surface area (Å²) in [5.41, 5.74) is 3.27. The van der Waals surface area contributed by atoms with Gasteiger partial charge in [0.1, 0.15) is 10.6 Å². The molecule has 1 aliphatic rings. The van der Waals surface area contributed by atoms with Crippen molar-refractivity contribution in [2.75, 3.05) is 4.90 Å². The van der Waals surface area contributed by atoms with E-state index in [9.17, 15) is 13.0 Å². The van der Waals surface area contributed by atoms with Crippen molar-refractivity contribution >= 4 is 61.5 Å². The molecule has 0 spiro atoms. The molecule has 3 heterocycles. The molecule has 5 rings (SSSR count). The molecule has 0 fully saturated rings. The molecule has 2 aromatic carbocycles. The first-order valence-corrected chi connectivity index (χ1v) is 12.4. The van der Waals surface area contributed by atoms with E-state index in [0.29, 0.717) is 28.5 Å². The van der Waals surface area contributed by atoms with Crippen molar-refractivity contribution in [1.82, 2.24) is 19.9 Å². The Hall–Kier alpha value is -3.41. The molecule has 1 aliphatic heterocycles. The minimum atomic E-state index is -4.70. The summed E-state index contributed by atoms with van der Waals surface area (Å²) in [6.45, 7) is 3.45. The summed E-state index contributed by atoms with van der Waals surface area (Å²) in [4.78, 5) is 18.4. The second kappa shape index (κ2) is 10.9. The van der Waals surface area contributed by atoms with Gasteiger partial charge in [0.25, 0.3) is 10.1 Å². The summed E-state index contributed by atoms with van der Waals surface area (Å²) >= 11 is 0. The Kier molecular flexibility index (Phi) is 7.86. The summed E-state index contributed by atoms with van der Waals surface area (Å²) in [5.74, 6) is 1.28. The Morgan fingerprint density at radius 3 is 1.81 bits per heavy atom. The molecule has 0 amide bonds. The Morgan fingerprint density at radius 1 is 0.811 bits per heavy atom. The molecule has 0 saturated carbocycles. The van der Waals surface area contributed by atoms with Crippen molar-refractivity contribution in [2.24, 2.45) is 0 Å². The summed E-state index contributed by atoms with van der Waals surface area (Å²) in [6, 6.07) is 15.1. The molecule has 0 bridgehead atoms. The first-order chi connectivity index (χ1) is 17.4. The average Bonchev–Trinajstić information content (AvgIpc) is 2.88. The van der Waals surface area contributed by atoms with Crippen LogP contribution in [0.1, 0.15) is 25.2 Å². The zero-order valence-electron chi connectivity index (χ0n) is 19.4. The molecule has 37 heavy (non-hydrogen) atoms. The van der Waals surface area contributed by atoms with Crippen LogP contribution in [0.15, 0.2) is 97.0 Å². The van der Waals surface area contributed by atoms with Crippen LogP contribution in [0, 0.1) is 0 Å². The number of benzene rings is 2. The summed E-state index contributed by atoms with van der Waals surface area (Å²) in [6.07, 6.45) is 8.66. The average molecular weight is 524 g/mol. The monoisotopic (exact) mass is 523 g/mol. The maximum absolute atomic E-state index is 12.6. The van der Waals surface area contributed by atoms with E-state index in [-0.39, 0.29) is 45.7 Å². The van der Waals surface area contributed by atoms with Crippen molar-refractivity contribution in [1.29, 1.82) is 0 Å². The molecule has 1 N–H and O–H groups in total. The molecule has 2 aromatic heterocycles. The van der Waals surface area contributed by atoms with Gasteiger partial charge >= 0.3 is 29.6 Å². The predicted octanol–water partition coefficient (Wildman–Crippen LogP) is 4.61. The topological polar surface area (TPSA) is 118 Å². The van der Waals surface area contributed by atoms with Crippen LogP contribution in [0.25, 0.3) is 10.5 Å². The van der Waals surface area contributed by atoms with E-state index in [1.165, 1.54) is 31.0 Å². The number of hydrogen-bond acceptors (Lipinski definition) is 8. The van der Waals surface area contributed by atoms with E-state index < -0.39 is 10.1 Å². The number of allylic oxidation sites excluding steroid dienone is 3. The van der Waals surface area contributed by atoms with E-state index >= 15 is 0 Å². The van der Waals surface area contributed by atoms with Gasteiger partial charge < -0.3 is 9.64 Å². The molecule has 182 valence electrons. The third kappa shape index (κ3) is 5.20. The van der Waals surface area contributed by atoms with Crippen molar-refractivity contribution in [3.8, 4) is 11.5 Å². The molecule has 11 heteroatoms. The van der Waals surface area contributed by atoms with Crippen LogP contribution in [-0.2, 0) is 10.1 Å². The number of fused-ring (bicyclic) bond motifs is 2. The Bertz CT molecular complexity index is 1570. The second-order valence-electron chi connectivity index (χ2n) is 7.94. The first-order valence-electron chi connectivity index (χ1n) is 10.9. The summed E-state index contributed by atoms with van der Waals surface area (Å²) in [5, 5.41) is 0. The van der Waals surface area contributed by atoms with E-state index in [4.69, 9.17) is 4.74 Å². The van der Waals surface area contributed by atoms with Crippen LogP contribution >= 0.6 is 0 Å². The van der Waals surface area contributed by atoms with Crippen LogP contribution < -0.4 is 9.64 Å². The van der Waals surface area contributed by atoms with Gasteiger partial charge in [0.15, 0.2) is 11.5 Å². The number of para-hydroxylation sites is 4. The number of anilines is 2. The molecule has 0 unspecified atom stereocenters. The van der Waals surface area contributed by atoms with Gasteiger partial charge in [-0.05, 0) is 43.7 Å². The molecule has 0 aliphatic carbocycles. The molecule has 9 nitrogen and oxygen atoms in total. The van der Waals surface area contributed by atoms with Crippen molar-refractivity contribution in [3.05, 3.63) is 108 Å². The van der Waals surface area contributed by atoms with E-state index in [1.807, 2.05) is 60.4 Å². The van der Waals surface area contributed by atoms with Gasteiger partial charge in [-0.15, -0.1) is 0 Å². The zero-order valence-corrected chi connectivity index (χ0v) is 20.2. The molecular weight excluding hydrogens is 501 g/mol. The molecule has 0 atom stereocenters. The third-order valence-electron chi connectivity index (χ3n) is 5.72. The number of nitrogens with zero attached hydrogens (tertiary/aromatic N) is 5. The fourth-order valence-electron chi connectivity index (χ4n) is 4.30. The van der Waals surface area contributed by atoms with Gasteiger partial charge in [-0.3, -0.25) is 24.5 Å². The molecule has 0 saturated heterocycles. The van der Waals surface area contributed by atoms with E-state index in [1.54, 1.807) is 13.1 Å².